The molecule has 0 atom stereocenters. The maximum Gasteiger partial charge on any atom is 0.262 e. The van der Waals surface area contributed by atoms with Crippen LogP contribution in [0.5, 0.6) is 5.75 Å². The molecular formula is C17H19N3O4S. The first-order valence-corrected chi connectivity index (χ1v) is 9.20. The number of pyridine rings is 1. The van der Waals surface area contributed by atoms with Gasteiger partial charge in [0.1, 0.15) is 11.4 Å². The molecule has 1 N–H and O–H groups in total. The molecular weight excluding hydrogens is 342 g/mol. The molecule has 132 valence electrons. The highest BCUT2D eigenvalue weighted by atomic mass is 32.2. The van der Waals surface area contributed by atoms with E-state index in [1.165, 1.54) is 30.2 Å². The summed E-state index contributed by atoms with van der Waals surface area (Å²) in [6.07, 6.45) is 2.98. The van der Waals surface area contributed by atoms with E-state index >= 15 is 0 Å². The lowest BCUT2D eigenvalue weighted by Gasteiger charge is -2.39. The Morgan fingerprint density at radius 2 is 2.08 bits per heavy atom. The van der Waals surface area contributed by atoms with Crippen molar-refractivity contribution in [2.75, 3.05) is 16.2 Å². The van der Waals surface area contributed by atoms with E-state index in [0.29, 0.717) is 23.7 Å². The molecule has 0 saturated heterocycles. The second kappa shape index (κ2) is 6.03. The van der Waals surface area contributed by atoms with Crippen molar-refractivity contribution in [1.29, 1.82) is 0 Å². The zero-order valence-corrected chi connectivity index (χ0v) is 15.0. The van der Waals surface area contributed by atoms with Crippen molar-refractivity contribution in [3.8, 4) is 5.75 Å². The van der Waals surface area contributed by atoms with Crippen molar-refractivity contribution in [3.05, 3.63) is 42.7 Å². The lowest BCUT2D eigenvalue weighted by molar-refractivity contribution is -0.117. The van der Waals surface area contributed by atoms with Gasteiger partial charge in [-0.05, 0) is 44.2 Å². The van der Waals surface area contributed by atoms with Crippen LogP contribution in [0, 0.1) is 0 Å². The SMILES string of the molecule is CC(=O)N1CC(C)(C)Oc2ccc(S(=O)(=O)Nc3cccnc3)cc21. The number of hydrogen-bond acceptors (Lipinski definition) is 5. The average molecular weight is 361 g/mol. The number of ether oxygens (including phenoxy) is 1. The van der Waals surface area contributed by atoms with Crippen LogP contribution in [0.15, 0.2) is 47.6 Å². The highest BCUT2D eigenvalue weighted by Crippen LogP contribution is 2.38. The number of hydrogen-bond donors (Lipinski definition) is 1. The van der Waals surface area contributed by atoms with Gasteiger partial charge in [-0.3, -0.25) is 14.5 Å². The summed E-state index contributed by atoms with van der Waals surface area (Å²) in [7, 11) is -3.81. The van der Waals surface area contributed by atoms with Gasteiger partial charge in [-0.1, -0.05) is 0 Å². The Morgan fingerprint density at radius 3 is 2.72 bits per heavy atom. The lowest BCUT2D eigenvalue weighted by atomic mass is 10.1. The van der Waals surface area contributed by atoms with Crippen LogP contribution in [0.2, 0.25) is 0 Å². The van der Waals surface area contributed by atoms with E-state index in [9.17, 15) is 13.2 Å². The molecule has 0 radical (unpaired) electrons. The van der Waals surface area contributed by atoms with Gasteiger partial charge in [-0.25, -0.2) is 8.42 Å². The molecule has 0 aliphatic carbocycles. The van der Waals surface area contributed by atoms with Gasteiger partial charge in [-0.15, -0.1) is 0 Å². The smallest absolute Gasteiger partial charge is 0.262 e. The van der Waals surface area contributed by atoms with E-state index in [1.54, 1.807) is 24.4 Å². The molecule has 0 fully saturated rings. The van der Waals surface area contributed by atoms with Crippen LogP contribution in [0.3, 0.4) is 0 Å². The first kappa shape index (κ1) is 17.2. The Labute approximate surface area is 146 Å². The number of nitrogens with zero attached hydrogens (tertiary/aromatic N) is 2. The Bertz CT molecular complexity index is 911. The maximum atomic E-state index is 12.6. The topological polar surface area (TPSA) is 88.6 Å². The van der Waals surface area contributed by atoms with Gasteiger partial charge in [-0.2, -0.15) is 0 Å². The Balaban J connectivity index is 2.00. The van der Waals surface area contributed by atoms with Crippen molar-refractivity contribution < 1.29 is 17.9 Å². The fraction of sp³-hybridized carbons (Fsp3) is 0.294. The van der Waals surface area contributed by atoms with Gasteiger partial charge in [0.2, 0.25) is 5.91 Å². The molecule has 0 saturated carbocycles. The minimum absolute atomic E-state index is 0.0460. The largest absolute Gasteiger partial charge is 0.484 e. The molecule has 1 amide bonds. The van der Waals surface area contributed by atoms with Crippen molar-refractivity contribution in [3.63, 3.8) is 0 Å². The standard InChI is InChI=1S/C17H19N3O4S/c1-12(21)20-11-17(2,3)24-16-7-6-14(9-15(16)20)25(22,23)19-13-5-4-8-18-10-13/h4-10,19H,11H2,1-3H3. The number of anilines is 2. The third-order valence-electron chi connectivity index (χ3n) is 3.75. The molecule has 8 heteroatoms. The molecule has 1 aliphatic rings. The summed E-state index contributed by atoms with van der Waals surface area (Å²) in [5.41, 5.74) is 0.259. The van der Waals surface area contributed by atoms with Crippen LogP contribution in [0.25, 0.3) is 0 Å². The molecule has 7 nitrogen and oxygen atoms in total. The first-order valence-electron chi connectivity index (χ1n) is 7.72. The molecule has 0 bridgehead atoms. The predicted octanol–water partition coefficient (Wildman–Crippen LogP) is 2.41. The van der Waals surface area contributed by atoms with Crippen molar-refractivity contribution >= 4 is 27.3 Å². The summed E-state index contributed by atoms with van der Waals surface area (Å²) in [6.45, 7) is 5.54. The predicted molar refractivity (Wildman–Crippen MR) is 94.2 cm³/mol. The second-order valence-corrected chi connectivity index (χ2v) is 8.13. The molecule has 3 rings (SSSR count). The van der Waals surface area contributed by atoms with Crippen molar-refractivity contribution in [2.24, 2.45) is 0 Å². The number of rotatable bonds is 3. The third-order valence-corrected chi connectivity index (χ3v) is 5.13. The normalized spacial score (nSPS) is 15.9. The highest BCUT2D eigenvalue weighted by molar-refractivity contribution is 7.92. The lowest BCUT2D eigenvalue weighted by Crippen LogP contribution is -2.48. The van der Waals surface area contributed by atoms with Crippen molar-refractivity contribution in [1.82, 2.24) is 4.98 Å². The number of carbonyl (C=O) groups is 1. The Morgan fingerprint density at radius 1 is 1.32 bits per heavy atom. The molecule has 2 aromatic rings. The second-order valence-electron chi connectivity index (χ2n) is 6.44. The Hall–Kier alpha value is -2.61. The zero-order valence-electron chi connectivity index (χ0n) is 14.2. The number of amides is 1. The zero-order chi connectivity index (χ0) is 18.2. The van der Waals surface area contributed by atoms with Crippen LogP contribution in [-0.2, 0) is 14.8 Å². The van der Waals surface area contributed by atoms with Gasteiger partial charge in [0.25, 0.3) is 10.0 Å². The average Bonchev–Trinajstić information content (AvgIpc) is 2.53. The number of carbonyl (C=O) groups excluding carboxylic acids is 1. The number of aromatic nitrogens is 1. The molecule has 0 spiro atoms. The molecule has 1 aromatic carbocycles. The van der Waals surface area contributed by atoms with E-state index in [4.69, 9.17) is 4.74 Å². The summed E-state index contributed by atoms with van der Waals surface area (Å²) in [6, 6.07) is 7.72. The summed E-state index contributed by atoms with van der Waals surface area (Å²) in [4.78, 5) is 17.5. The van der Waals surface area contributed by atoms with E-state index in [-0.39, 0.29) is 10.8 Å². The van der Waals surface area contributed by atoms with Crippen LogP contribution in [0.1, 0.15) is 20.8 Å². The minimum atomic E-state index is -3.81. The number of fused-ring (bicyclic) bond motifs is 1. The minimum Gasteiger partial charge on any atom is -0.484 e. The van der Waals surface area contributed by atoms with Gasteiger partial charge in [0, 0.05) is 13.1 Å². The fourth-order valence-corrected chi connectivity index (χ4v) is 3.74. The van der Waals surface area contributed by atoms with Crippen LogP contribution < -0.4 is 14.4 Å². The van der Waals surface area contributed by atoms with E-state index < -0.39 is 15.6 Å². The summed E-state index contributed by atoms with van der Waals surface area (Å²) in [5.74, 6) is 0.305. The van der Waals surface area contributed by atoms with Gasteiger partial charge in [0.15, 0.2) is 0 Å². The van der Waals surface area contributed by atoms with E-state index in [1.807, 2.05) is 13.8 Å². The Kier molecular flexibility index (Phi) is 4.16. The first-order chi connectivity index (χ1) is 11.7. The number of nitrogens with one attached hydrogen (secondary N) is 1. The summed E-state index contributed by atoms with van der Waals surface area (Å²) < 4.78 is 33.5. The molecule has 25 heavy (non-hydrogen) atoms. The number of benzene rings is 1. The van der Waals surface area contributed by atoms with E-state index in [2.05, 4.69) is 9.71 Å². The quantitative estimate of drug-likeness (QED) is 0.907. The van der Waals surface area contributed by atoms with Crippen LogP contribution in [-0.4, -0.2) is 31.5 Å². The molecule has 2 heterocycles. The van der Waals surface area contributed by atoms with Crippen LogP contribution in [0.4, 0.5) is 11.4 Å². The molecule has 1 aliphatic heterocycles. The summed E-state index contributed by atoms with van der Waals surface area (Å²) >= 11 is 0. The van der Waals surface area contributed by atoms with Crippen molar-refractivity contribution in [2.45, 2.75) is 31.3 Å². The summed E-state index contributed by atoms with van der Waals surface area (Å²) in [5, 5.41) is 0. The third kappa shape index (κ3) is 3.58. The fourth-order valence-electron chi connectivity index (χ4n) is 2.68. The number of sulfonamides is 1. The maximum absolute atomic E-state index is 12.6. The monoisotopic (exact) mass is 361 g/mol. The molecule has 0 unspecified atom stereocenters. The van der Waals surface area contributed by atoms with Gasteiger partial charge < -0.3 is 9.64 Å². The van der Waals surface area contributed by atoms with E-state index in [0.717, 1.165) is 0 Å². The highest BCUT2D eigenvalue weighted by Gasteiger charge is 2.34. The van der Waals surface area contributed by atoms with Gasteiger partial charge in [0.05, 0.1) is 29.0 Å². The van der Waals surface area contributed by atoms with Gasteiger partial charge >= 0.3 is 0 Å². The molecule has 1 aromatic heterocycles. The van der Waals surface area contributed by atoms with Crippen LogP contribution >= 0.6 is 0 Å².